The molecule has 0 radical (unpaired) electrons. The Morgan fingerprint density at radius 1 is 1.24 bits per heavy atom. The van der Waals surface area contributed by atoms with Crippen LogP contribution in [0.1, 0.15) is 30.9 Å². The van der Waals surface area contributed by atoms with Gasteiger partial charge in [-0.05, 0) is 55.8 Å². The number of alkyl halides is 3. The number of amides is 1. The van der Waals surface area contributed by atoms with E-state index >= 15 is 0 Å². The van der Waals surface area contributed by atoms with Gasteiger partial charge in [0.25, 0.3) is 0 Å². The lowest BCUT2D eigenvalue weighted by Gasteiger charge is -2.25. The highest BCUT2D eigenvalue weighted by Crippen LogP contribution is 2.31. The molecule has 1 amide bonds. The minimum atomic E-state index is -4.35. The van der Waals surface area contributed by atoms with Crippen LogP contribution in [0.5, 0.6) is 0 Å². The summed E-state index contributed by atoms with van der Waals surface area (Å²) < 4.78 is 38.5. The van der Waals surface area contributed by atoms with E-state index in [9.17, 15) is 18.0 Å². The Balaban J connectivity index is 1.61. The molecule has 0 aromatic heterocycles. The number of nitrogens with one attached hydrogen (secondary N) is 1. The molecule has 0 bridgehead atoms. The van der Waals surface area contributed by atoms with Crippen LogP contribution >= 0.6 is 0 Å². The molecule has 2 heterocycles. The normalized spacial score (nSPS) is 25.4. The Kier molecular flexibility index (Phi) is 5.37. The zero-order valence-corrected chi connectivity index (χ0v) is 14.5. The van der Waals surface area contributed by atoms with Gasteiger partial charge in [0.05, 0.1) is 5.56 Å². The quantitative estimate of drug-likeness (QED) is 0.903. The van der Waals surface area contributed by atoms with Crippen molar-refractivity contribution in [1.82, 2.24) is 10.2 Å². The minimum absolute atomic E-state index is 0.0605. The molecule has 3 nitrogen and oxygen atoms in total. The first-order valence-electron chi connectivity index (χ1n) is 9.00. The average Bonchev–Trinajstić information content (AvgIpc) is 2.92. The molecule has 1 N–H and O–H groups in total. The zero-order chi connectivity index (χ0) is 18.0. The van der Waals surface area contributed by atoms with E-state index in [2.05, 4.69) is 5.32 Å². The highest BCUT2D eigenvalue weighted by Gasteiger charge is 2.33. The molecular weight excluding hydrogens is 329 g/mol. The van der Waals surface area contributed by atoms with Crippen LogP contribution in [0.25, 0.3) is 0 Å². The Hall–Kier alpha value is -1.56. The molecule has 138 valence electrons. The number of halogens is 3. The molecule has 2 aliphatic heterocycles. The number of hydrogen-bond donors (Lipinski definition) is 1. The number of nitrogens with zero attached hydrogens (tertiary/aromatic N) is 1. The standard InChI is InChI=1S/C19H25F3N2O/c1-13(9-14-3-2-4-17(10-14)19(20,21)22)18(25)24-7-5-15-11-23-12-16(15)6-8-24/h2-4,10,13,15-16,23H,5-9,11-12H2,1H3/t13?,15-,16+. The van der Waals surface area contributed by atoms with Crippen LogP contribution in [0.2, 0.25) is 0 Å². The van der Waals surface area contributed by atoms with E-state index in [-0.39, 0.29) is 11.8 Å². The molecule has 1 aromatic rings. The molecule has 0 saturated carbocycles. The zero-order valence-electron chi connectivity index (χ0n) is 14.5. The van der Waals surface area contributed by atoms with Gasteiger partial charge in [0.1, 0.15) is 0 Å². The molecule has 1 unspecified atom stereocenters. The molecule has 3 atom stereocenters. The Morgan fingerprint density at radius 2 is 1.88 bits per heavy atom. The summed E-state index contributed by atoms with van der Waals surface area (Å²) in [6, 6.07) is 5.30. The van der Waals surface area contributed by atoms with Crippen molar-refractivity contribution in [2.45, 2.75) is 32.4 Å². The summed E-state index contributed by atoms with van der Waals surface area (Å²) in [5.41, 5.74) is -0.0914. The largest absolute Gasteiger partial charge is 0.416 e. The Bertz CT molecular complexity index is 603. The molecule has 1 aromatic carbocycles. The van der Waals surface area contributed by atoms with Gasteiger partial charge in [-0.1, -0.05) is 25.1 Å². The summed E-state index contributed by atoms with van der Waals surface area (Å²) in [5.74, 6) is 1.05. The van der Waals surface area contributed by atoms with Crippen LogP contribution in [-0.4, -0.2) is 37.0 Å². The van der Waals surface area contributed by atoms with E-state index in [4.69, 9.17) is 0 Å². The van der Waals surface area contributed by atoms with E-state index < -0.39 is 11.7 Å². The van der Waals surface area contributed by atoms with Crippen molar-refractivity contribution < 1.29 is 18.0 Å². The van der Waals surface area contributed by atoms with E-state index in [1.165, 1.54) is 6.07 Å². The van der Waals surface area contributed by atoms with Crippen LogP contribution < -0.4 is 5.32 Å². The number of likely N-dealkylation sites (tertiary alicyclic amines) is 1. The fraction of sp³-hybridized carbons (Fsp3) is 0.632. The highest BCUT2D eigenvalue weighted by atomic mass is 19.4. The second kappa shape index (κ2) is 7.36. The van der Waals surface area contributed by atoms with Crippen molar-refractivity contribution >= 4 is 5.91 Å². The van der Waals surface area contributed by atoms with Crippen LogP contribution in [-0.2, 0) is 17.4 Å². The molecule has 2 saturated heterocycles. The van der Waals surface area contributed by atoms with Crippen LogP contribution in [0.15, 0.2) is 24.3 Å². The third-order valence-electron chi connectivity index (χ3n) is 5.55. The first-order valence-corrected chi connectivity index (χ1v) is 9.00. The minimum Gasteiger partial charge on any atom is -0.342 e. The van der Waals surface area contributed by atoms with Crippen molar-refractivity contribution in [1.29, 1.82) is 0 Å². The monoisotopic (exact) mass is 354 g/mol. The van der Waals surface area contributed by atoms with Crippen molar-refractivity contribution in [2.75, 3.05) is 26.2 Å². The molecule has 0 aliphatic carbocycles. The predicted octanol–water partition coefficient (Wildman–Crippen LogP) is 3.34. The maximum atomic E-state index is 12.8. The van der Waals surface area contributed by atoms with Gasteiger partial charge in [-0.25, -0.2) is 0 Å². The third-order valence-corrected chi connectivity index (χ3v) is 5.55. The summed E-state index contributed by atoms with van der Waals surface area (Å²) in [7, 11) is 0. The van der Waals surface area contributed by atoms with E-state index in [0.717, 1.165) is 51.2 Å². The molecule has 2 fully saturated rings. The summed E-state index contributed by atoms with van der Waals surface area (Å²) in [6.45, 7) is 5.40. The highest BCUT2D eigenvalue weighted by molar-refractivity contribution is 5.78. The van der Waals surface area contributed by atoms with Gasteiger partial charge in [-0.2, -0.15) is 13.2 Å². The number of fused-ring (bicyclic) bond motifs is 1. The second-order valence-corrected chi connectivity index (χ2v) is 7.38. The summed E-state index contributed by atoms with van der Waals surface area (Å²) >= 11 is 0. The SMILES string of the molecule is CC(Cc1cccc(C(F)(F)F)c1)C(=O)N1CC[C@@H]2CNC[C@@H]2CC1. The number of carbonyl (C=O) groups excluding carboxylic acids is 1. The lowest BCUT2D eigenvalue weighted by Crippen LogP contribution is -2.37. The van der Waals surface area contributed by atoms with Gasteiger partial charge >= 0.3 is 6.18 Å². The summed E-state index contributed by atoms with van der Waals surface area (Å²) in [4.78, 5) is 14.7. The summed E-state index contributed by atoms with van der Waals surface area (Å²) in [6.07, 6.45) is -1.98. The van der Waals surface area contributed by atoms with Gasteiger partial charge < -0.3 is 10.2 Å². The van der Waals surface area contributed by atoms with Gasteiger partial charge in [-0.3, -0.25) is 4.79 Å². The van der Waals surface area contributed by atoms with Crippen molar-refractivity contribution in [3.05, 3.63) is 35.4 Å². The maximum absolute atomic E-state index is 12.8. The van der Waals surface area contributed by atoms with Crippen molar-refractivity contribution in [2.24, 2.45) is 17.8 Å². The third kappa shape index (κ3) is 4.35. The maximum Gasteiger partial charge on any atom is 0.416 e. The average molecular weight is 354 g/mol. The van der Waals surface area contributed by atoms with Gasteiger partial charge in [0.2, 0.25) is 5.91 Å². The van der Waals surface area contributed by atoms with E-state index in [1.807, 2.05) is 11.8 Å². The Morgan fingerprint density at radius 3 is 2.48 bits per heavy atom. The van der Waals surface area contributed by atoms with Gasteiger partial charge in [0.15, 0.2) is 0 Å². The molecule has 3 rings (SSSR count). The van der Waals surface area contributed by atoms with Crippen LogP contribution in [0, 0.1) is 17.8 Å². The van der Waals surface area contributed by atoms with E-state index in [0.29, 0.717) is 23.8 Å². The van der Waals surface area contributed by atoms with E-state index in [1.54, 1.807) is 6.07 Å². The van der Waals surface area contributed by atoms with Gasteiger partial charge in [0, 0.05) is 19.0 Å². The number of rotatable bonds is 3. The fourth-order valence-electron chi connectivity index (χ4n) is 4.07. The predicted molar refractivity (Wildman–Crippen MR) is 90.0 cm³/mol. The molecule has 6 heteroatoms. The fourth-order valence-corrected chi connectivity index (χ4v) is 4.07. The number of carbonyl (C=O) groups is 1. The van der Waals surface area contributed by atoms with Crippen LogP contribution in [0.3, 0.4) is 0 Å². The number of benzene rings is 1. The van der Waals surface area contributed by atoms with Crippen molar-refractivity contribution in [3.8, 4) is 0 Å². The van der Waals surface area contributed by atoms with Gasteiger partial charge in [-0.15, -0.1) is 0 Å². The number of hydrogen-bond acceptors (Lipinski definition) is 2. The molecule has 2 aliphatic rings. The smallest absolute Gasteiger partial charge is 0.342 e. The molecular formula is C19H25F3N2O. The summed E-state index contributed by atoms with van der Waals surface area (Å²) in [5, 5.41) is 3.41. The molecule has 0 spiro atoms. The second-order valence-electron chi connectivity index (χ2n) is 7.38. The Labute approximate surface area is 146 Å². The topological polar surface area (TPSA) is 32.3 Å². The molecule has 25 heavy (non-hydrogen) atoms. The lowest BCUT2D eigenvalue weighted by molar-refractivity contribution is -0.137. The van der Waals surface area contributed by atoms with Crippen LogP contribution in [0.4, 0.5) is 13.2 Å². The first kappa shape index (κ1) is 18.2. The lowest BCUT2D eigenvalue weighted by atomic mass is 9.92. The van der Waals surface area contributed by atoms with Crippen molar-refractivity contribution in [3.63, 3.8) is 0 Å². The first-order chi connectivity index (χ1) is 11.8.